The first-order valence-corrected chi connectivity index (χ1v) is 9.24. The number of benzene rings is 2. The number of nitrogens with zero attached hydrogens (tertiary/aromatic N) is 4. The van der Waals surface area contributed by atoms with Crippen molar-refractivity contribution in [2.24, 2.45) is 0 Å². The molecule has 0 bridgehead atoms. The molecule has 0 saturated carbocycles. The zero-order valence-corrected chi connectivity index (χ0v) is 15.8. The van der Waals surface area contributed by atoms with Crippen molar-refractivity contribution in [2.75, 3.05) is 19.0 Å². The zero-order chi connectivity index (χ0) is 20.2. The van der Waals surface area contributed by atoms with Crippen LogP contribution in [0.3, 0.4) is 0 Å². The van der Waals surface area contributed by atoms with E-state index in [9.17, 15) is 4.79 Å². The van der Waals surface area contributed by atoms with Crippen molar-refractivity contribution in [3.63, 3.8) is 0 Å². The number of hydrogen-bond donors (Lipinski definition) is 1. The maximum absolute atomic E-state index is 12.8. The minimum absolute atomic E-state index is 0.260. The predicted octanol–water partition coefficient (Wildman–Crippen LogP) is 3.99. The van der Waals surface area contributed by atoms with Gasteiger partial charge in [0.15, 0.2) is 0 Å². The molecule has 3 aromatic rings. The summed E-state index contributed by atoms with van der Waals surface area (Å²) in [5.41, 5.74) is 1.84. The van der Waals surface area contributed by atoms with E-state index >= 15 is 0 Å². The van der Waals surface area contributed by atoms with Crippen molar-refractivity contribution >= 4 is 11.7 Å². The van der Waals surface area contributed by atoms with E-state index in [2.05, 4.69) is 21.5 Å². The van der Waals surface area contributed by atoms with Crippen LogP contribution in [0.1, 0.15) is 30.3 Å². The number of methoxy groups -OCH3 is 1. The molecule has 2 heterocycles. The van der Waals surface area contributed by atoms with Gasteiger partial charge in [0.1, 0.15) is 11.8 Å². The largest absolute Gasteiger partial charge is 0.497 e. The van der Waals surface area contributed by atoms with Crippen LogP contribution in [0.5, 0.6) is 5.75 Å². The molecule has 0 aliphatic carbocycles. The molecule has 0 spiro atoms. The first-order valence-electron chi connectivity index (χ1n) is 9.24. The summed E-state index contributed by atoms with van der Waals surface area (Å²) in [7, 11) is 1.60. The number of nitriles is 1. The van der Waals surface area contributed by atoms with E-state index in [0.717, 1.165) is 18.4 Å². The molecular formula is C21H19N5O3. The number of ether oxygens (including phenoxy) is 1. The van der Waals surface area contributed by atoms with Gasteiger partial charge in [0.25, 0.3) is 0 Å². The first kappa shape index (κ1) is 18.5. The minimum atomic E-state index is -0.291. The lowest BCUT2D eigenvalue weighted by molar-refractivity contribution is 0.193. The molecule has 0 radical (unpaired) electrons. The maximum atomic E-state index is 12.8. The summed E-state index contributed by atoms with van der Waals surface area (Å²) >= 11 is 0. The van der Waals surface area contributed by atoms with Crippen LogP contribution < -0.4 is 10.1 Å². The molecule has 1 atom stereocenters. The molecule has 8 heteroatoms. The number of rotatable bonds is 4. The molecule has 2 aromatic carbocycles. The molecule has 2 amide bonds. The fraction of sp³-hybridized carbons (Fsp3) is 0.238. The van der Waals surface area contributed by atoms with E-state index in [-0.39, 0.29) is 12.1 Å². The average molecular weight is 389 g/mol. The summed E-state index contributed by atoms with van der Waals surface area (Å²) < 4.78 is 10.7. The Kier molecular flexibility index (Phi) is 5.12. The highest BCUT2D eigenvalue weighted by atomic mass is 16.5. The fourth-order valence-corrected chi connectivity index (χ4v) is 3.38. The molecule has 8 nitrogen and oxygen atoms in total. The van der Waals surface area contributed by atoms with Crippen LogP contribution in [-0.4, -0.2) is 34.7 Å². The van der Waals surface area contributed by atoms with E-state index in [4.69, 9.17) is 14.5 Å². The third kappa shape index (κ3) is 3.89. The van der Waals surface area contributed by atoms with Gasteiger partial charge in [-0.3, -0.25) is 0 Å². The summed E-state index contributed by atoms with van der Waals surface area (Å²) in [4.78, 5) is 19.0. The van der Waals surface area contributed by atoms with Crippen LogP contribution in [0.4, 0.5) is 10.5 Å². The Morgan fingerprint density at radius 1 is 1.31 bits per heavy atom. The quantitative estimate of drug-likeness (QED) is 0.723. The van der Waals surface area contributed by atoms with Crippen molar-refractivity contribution in [1.29, 1.82) is 5.26 Å². The number of carbonyl (C=O) groups excluding carboxylic acids is 1. The number of amides is 2. The summed E-state index contributed by atoms with van der Waals surface area (Å²) in [6, 6.07) is 15.7. The number of urea groups is 1. The summed E-state index contributed by atoms with van der Waals surface area (Å²) in [5.74, 6) is 1.56. The van der Waals surface area contributed by atoms with Crippen LogP contribution in [0, 0.1) is 11.3 Å². The number of anilines is 1. The topological polar surface area (TPSA) is 104 Å². The third-order valence-corrected chi connectivity index (χ3v) is 4.81. The van der Waals surface area contributed by atoms with Crippen LogP contribution in [0.15, 0.2) is 53.1 Å². The normalized spacial score (nSPS) is 15.7. The van der Waals surface area contributed by atoms with Gasteiger partial charge >= 0.3 is 6.03 Å². The van der Waals surface area contributed by atoms with Gasteiger partial charge in [0.2, 0.25) is 11.7 Å². The van der Waals surface area contributed by atoms with Crippen LogP contribution >= 0.6 is 0 Å². The van der Waals surface area contributed by atoms with Crippen molar-refractivity contribution in [1.82, 2.24) is 15.0 Å². The van der Waals surface area contributed by atoms with Crippen LogP contribution in [0.2, 0.25) is 0 Å². The standard InChI is InChI=1S/C21H19N5O3/c1-28-17-8-3-6-15(12-17)19-24-20(29-25-19)18-9-4-10-26(18)21(27)23-16-7-2-5-14(11-16)13-22/h2-3,5-8,11-12,18H,4,9-10H2,1H3,(H,23,27)/t18-/m1/s1. The van der Waals surface area contributed by atoms with Gasteiger partial charge in [-0.1, -0.05) is 23.4 Å². The highest BCUT2D eigenvalue weighted by Gasteiger charge is 2.34. The molecule has 1 aliphatic heterocycles. The second kappa shape index (κ2) is 8.02. The Labute approximate surface area is 167 Å². The predicted molar refractivity (Wildman–Crippen MR) is 105 cm³/mol. The smallest absolute Gasteiger partial charge is 0.322 e. The molecular weight excluding hydrogens is 370 g/mol. The van der Waals surface area contributed by atoms with Crippen LogP contribution in [-0.2, 0) is 0 Å². The molecule has 1 aliphatic rings. The van der Waals surface area contributed by atoms with Gasteiger partial charge in [0.05, 0.1) is 18.7 Å². The molecule has 1 N–H and O–H groups in total. The van der Waals surface area contributed by atoms with Gasteiger partial charge in [-0.25, -0.2) is 4.79 Å². The summed E-state index contributed by atoms with van der Waals surface area (Å²) in [6.07, 6.45) is 1.58. The molecule has 29 heavy (non-hydrogen) atoms. The van der Waals surface area contributed by atoms with E-state index in [1.807, 2.05) is 24.3 Å². The Hall–Kier alpha value is -3.86. The van der Waals surface area contributed by atoms with Crippen molar-refractivity contribution in [3.05, 3.63) is 60.0 Å². The lowest BCUT2D eigenvalue weighted by Crippen LogP contribution is -2.34. The number of aromatic nitrogens is 2. The lowest BCUT2D eigenvalue weighted by atomic mass is 10.2. The average Bonchev–Trinajstić information content (AvgIpc) is 3.43. The summed E-state index contributed by atoms with van der Waals surface area (Å²) in [6.45, 7) is 0.589. The van der Waals surface area contributed by atoms with Gasteiger partial charge in [-0.05, 0) is 43.2 Å². The second-order valence-electron chi connectivity index (χ2n) is 6.66. The Morgan fingerprint density at radius 2 is 2.17 bits per heavy atom. The van der Waals surface area contributed by atoms with Crippen molar-refractivity contribution in [3.8, 4) is 23.2 Å². The fourth-order valence-electron chi connectivity index (χ4n) is 3.38. The first-order chi connectivity index (χ1) is 14.2. The SMILES string of the molecule is COc1cccc(-c2noc([C@H]3CCCN3C(=O)Nc3cccc(C#N)c3)n2)c1. The number of nitrogens with one attached hydrogen (secondary N) is 1. The third-order valence-electron chi connectivity index (χ3n) is 4.81. The van der Waals surface area contributed by atoms with E-state index in [1.54, 1.807) is 36.3 Å². The minimum Gasteiger partial charge on any atom is -0.497 e. The molecule has 1 saturated heterocycles. The van der Waals surface area contributed by atoms with Gasteiger partial charge in [0, 0.05) is 17.8 Å². The molecule has 0 unspecified atom stereocenters. The Morgan fingerprint density at radius 3 is 3.00 bits per heavy atom. The number of likely N-dealkylation sites (tertiary alicyclic amines) is 1. The monoisotopic (exact) mass is 389 g/mol. The van der Waals surface area contributed by atoms with Gasteiger partial charge in [-0.15, -0.1) is 0 Å². The van der Waals surface area contributed by atoms with Gasteiger partial charge in [-0.2, -0.15) is 10.2 Å². The number of hydrogen-bond acceptors (Lipinski definition) is 6. The summed E-state index contributed by atoms with van der Waals surface area (Å²) in [5, 5.41) is 15.9. The lowest BCUT2D eigenvalue weighted by Gasteiger charge is -2.22. The second-order valence-corrected chi connectivity index (χ2v) is 6.66. The highest BCUT2D eigenvalue weighted by molar-refractivity contribution is 5.90. The molecule has 1 fully saturated rings. The maximum Gasteiger partial charge on any atom is 0.322 e. The van der Waals surface area contributed by atoms with E-state index in [0.29, 0.717) is 35.3 Å². The van der Waals surface area contributed by atoms with E-state index in [1.165, 1.54) is 0 Å². The van der Waals surface area contributed by atoms with E-state index < -0.39 is 0 Å². The van der Waals surface area contributed by atoms with Crippen LogP contribution in [0.25, 0.3) is 11.4 Å². The highest BCUT2D eigenvalue weighted by Crippen LogP contribution is 2.33. The van der Waals surface area contributed by atoms with Crippen molar-refractivity contribution < 1.29 is 14.1 Å². The molecule has 1 aromatic heterocycles. The molecule has 4 rings (SSSR count). The Bertz CT molecular complexity index is 1070. The van der Waals surface area contributed by atoms with Gasteiger partial charge < -0.3 is 19.5 Å². The molecule has 146 valence electrons. The number of carbonyl (C=O) groups is 1. The van der Waals surface area contributed by atoms with Crippen molar-refractivity contribution in [2.45, 2.75) is 18.9 Å². The zero-order valence-electron chi connectivity index (χ0n) is 15.8. The Balaban J connectivity index is 1.52.